The van der Waals surface area contributed by atoms with Crippen LogP contribution in [0.3, 0.4) is 0 Å². The first-order valence-electron chi connectivity index (χ1n) is 5.97. The SMILES string of the molecule is CCC(O)CCNC(C)c1cc(O)cc(O)c1. The van der Waals surface area contributed by atoms with E-state index in [9.17, 15) is 15.3 Å². The minimum Gasteiger partial charge on any atom is -0.508 e. The molecule has 0 fully saturated rings. The number of phenolic OH excluding ortho intramolecular Hbond substituents is 2. The lowest BCUT2D eigenvalue weighted by Crippen LogP contribution is -2.23. The third kappa shape index (κ3) is 4.63. The minimum absolute atomic E-state index is 0.0251. The van der Waals surface area contributed by atoms with Crippen LogP contribution in [0.2, 0.25) is 0 Å². The van der Waals surface area contributed by atoms with Gasteiger partial charge in [0.2, 0.25) is 0 Å². The second-order valence-corrected chi connectivity index (χ2v) is 4.31. The zero-order chi connectivity index (χ0) is 12.8. The Hall–Kier alpha value is -1.26. The van der Waals surface area contributed by atoms with E-state index >= 15 is 0 Å². The molecule has 0 aliphatic heterocycles. The lowest BCUT2D eigenvalue weighted by Gasteiger charge is -2.16. The van der Waals surface area contributed by atoms with E-state index in [0.29, 0.717) is 13.0 Å². The van der Waals surface area contributed by atoms with Crippen molar-refractivity contribution >= 4 is 0 Å². The van der Waals surface area contributed by atoms with E-state index in [2.05, 4.69) is 5.32 Å². The van der Waals surface area contributed by atoms with Gasteiger partial charge < -0.3 is 20.6 Å². The van der Waals surface area contributed by atoms with Gasteiger partial charge in [-0.05, 0) is 44.0 Å². The van der Waals surface area contributed by atoms with Gasteiger partial charge in [0.1, 0.15) is 11.5 Å². The quantitative estimate of drug-likeness (QED) is 0.612. The largest absolute Gasteiger partial charge is 0.508 e. The predicted octanol–water partition coefficient (Wildman–Crippen LogP) is 1.91. The van der Waals surface area contributed by atoms with Crippen LogP contribution >= 0.6 is 0 Å². The highest BCUT2D eigenvalue weighted by Gasteiger charge is 2.08. The monoisotopic (exact) mass is 239 g/mol. The molecule has 0 aliphatic rings. The van der Waals surface area contributed by atoms with Crippen molar-refractivity contribution in [2.45, 2.75) is 38.8 Å². The van der Waals surface area contributed by atoms with Crippen LogP contribution in [0.1, 0.15) is 38.3 Å². The first kappa shape index (κ1) is 13.8. The summed E-state index contributed by atoms with van der Waals surface area (Å²) < 4.78 is 0. The van der Waals surface area contributed by atoms with Gasteiger partial charge in [-0.1, -0.05) is 6.92 Å². The Morgan fingerprint density at radius 1 is 1.18 bits per heavy atom. The Bertz CT molecular complexity index is 334. The van der Waals surface area contributed by atoms with Gasteiger partial charge in [-0.25, -0.2) is 0 Å². The normalized spacial score (nSPS) is 14.5. The lowest BCUT2D eigenvalue weighted by atomic mass is 10.1. The molecule has 0 radical (unpaired) electrons. The zero-order valence-electron chi connectivity index (χ0n) is 10.3. The maximum atomic E-state index is 9.41. The molecule has 2 atom stereocenters. The van der Waals surface area contributed by atoms with Gasteiger partial charge >= 0.3 is 0 Å². The number of hydrogen-bond acceptors (Lipinski definition) is 4. The van der Waals surface area contributed by atoms with Crippen molar-refractivity contribution in [1.82, 2.24) is 5.32 Å². The molecule has 96 valence electrons. The highest BCUT2D eigenvalue weighted by atomic mass is 16.3. The molecule has 1 aromatic rings. The third-order valence-corrected chi connectivity index (χ3v) is 2.82. The molecule has 0 saturated carbocycles. The number of rotatable bonds is 6. The van der Waals surface area contributed by atoms with E-state index < -0.39 is 0 Å². The van der Waals surface area contributed by atoms with Gasteiger partial charge in [-0.2, -0.15) is 0 Å². The molecular formula is C13H21NO3. The summed E-state index contributed by atoms with van der Waals surface area (Å²) in [6.45, 7) is 4.60. The van der Waals surface area contributed by atoms with Gasteiger partial charge in [0.25, 0.3) is 0 Å². The molecule has 0 amide bonds. The molecule has 4 heteroatoms. The fraction of sp³-hybridized carbons (Fsp3) is 0.538. The standard InChI is InChI=1S/C13H21NO3/c1-3-11(15)4-5-14-9(2)10-6-12(16)8-13(17)7-10/h6-9,11,14-17H,3-5H2,1-2H3. The number of benzene rings is 1. The molecule has 1 aromatic carbocycles. The molecular weight excluding hydrogens is 218 g/mol. The van der Waals surface area contributed by atoms with Gasteiger partial charge in [0.15, 0.2) is 0 Å². The van der Waals surface area contributed by atoms with Crippen molar-refractivity contribution in [1.29, 1.82) is 0 Å². The summed E-state index contributed by atoms with van der Waals surface area (Å²) in [5.74, 6) is 0.115. The molecule has 0 bridgehead atoms. The second-order valence-electron chi connectivity index (χ2n) is 4.31. The summed E-state index contributed by atoms with van der Waals surface area (Å²) in [4.78, 5) is 0. The highest BCUT2D eigenvalue weighted by molar-refractivity contribution is 5.37. The van der Waals surface area contributed by atoms with Crippen LogP contribution < -0.4 is 5.32 Å². The number of hydrogen-bond donors (Lipinski definition) is 4. The Morgan fingerprint density at radius 3 is 2.29 bits per heavy atom. The van der Waals surface area contributed by atoms with Crippen molar-refractivity contribution in [3.05, 3.63) is 23.8 Å². The lowest BCUT2D eigenvalue weighted by molar-refractivity contribution is 0.159. The number of aromatic hydroxyl groups is 2. The third-order valence-electron chi connectivity index (χ3n) is 2.82. The smallest absolute Gasteiger partial charge is 0.119 e. The van der Waals surface area contributed by atoms with Crippen LogP contribution in [-0.2, 0) is 0 Å². The molecule has 17 heavy (non-hydrogen) atoms. The van der Waals surface area contributed by atoms with Crippen LogP contribution in [0.4, 0.5) is 0 Å². The van der Waals surface area contributed by atoms with Gasteiger partial charge in [0, 0.05) is 12.1 Å². The molecule has 4 N–H and O–H groups in total. The Balaban J connectivity index is 2.49. The summed E-state index contributed by atoms with van der Waals surface area (Å²) in [6.07, 6.45) is 1.18. The van der Waals surface area contributed by atoms with Crippen LogP contribution in [0, 0.1) is 0 Å². The van der Waals surface area contributed by atoms with Crippen LogP contribution in [0.5, 0.6) is 11.5 Å². The number of aliphatic hydroxyl groups excluding tert-OH is 1. The average molecular weight is 239 g/mol. The Kier molecular flexibility index (Phi) is 5.25. The van der Waals surface area contributed by atoms with Crippen molar-refractivity contribution in [2.75, 3.05) is 6.54 Å². The maximum absolute atomic E-state index is 9.41. The number of nitrogens with one attached hydrogen (secondary N) is 1. The molecule has 4 nitrogen and oxygen atoms in total. The number of phenols is 2. The summed E-state index contributed by atoms with van der Waals surface area (Å²) in [7, 11) is 0. The van der Waals surface area contributed by atoms with Crippen molar-refractivity contribution in [3.8, 4) is 11.5 Å². The van der Waals surface area contributed by atoms with Crippen molar-refractivity contribution in [2.24, 2.45) is 0 Å². The molecule has 0 aliphatic carbocycles. The van der Waals surface area contributed by atoms with Crippen LogP contribution in [0.25, 0.3) is 0 Å². The zero-order valence-corrected chi connectivity index (χ0v) is 10.3. The second kappa shape index (κ2) is 6.47. The first-order chi connectivity index (χ1) is 8.02. The molecule has 1 rings (SSSR count). The van der Waals surface area contributed by atoms with Gasteiger partial charge in [-0.3, -0.25) is 0 Å². The molecule has 0 aromatic heterocycles. The fourth-order valence-corrected chi connectivity index (χ4v) is 1.66. The fourth-order valence-electron chi connectivity index (χ4n) is 1.66. The summed E-state index contributed by atoms with van der Waals surface area (Å²) in [5, 5.41) is 31.4. The molecule has 2 unspecified atom stereocenters. The van der Waals surface area contributed by atoms with Crippen molar-refractivity contribution < 1.29 is 15.3 Å². The van der Waals surface area contributed by atoms with E-state index in [0.717, 1.165) is 12.0 Å². The summed E-state index contributed by atoms with van der Waals surface area (Å²) in [5.41, 5.74) is 0.827. The van der Waals surface area contributed by atoms with Crippen molar-refractivity contribution in [3.63, 3.8) is 0 Å². The summed E-state index contributed by atoms with van der Waals surface area (Å²) >= 11 is 0. The predicted molar refractivity (Wildman–Crippen MR) is 67.1 cm³/mol. The summed E-state index contributed by atoms with van der Waals surface area (Å²) in [6, 6.07) is 4.57. The van der Waals surface area contributed by atoms with Gasteiger partial charge in [-0.15, -0.1) is 0 Å². The highest BCUT2D eigenvalue weighted by Crippen LogP contribution is 2.24. The van der Waals surface area contributed by atoms with E-state index in [-0.39, 0.29) is 23.6 Å². The molecule has 0 saturated heterocycles. The topological polar surface area (TPSA) is 72.7 Å². The molecule has 0 heterocycles. The van der Waals surface area contributed by atoms with E-state index in [4.69, 9.17) is 0 Å². The van der Waals surface area contributed by atoms with E-state index in [1.54, 1.807) is 12.1 Å². The minimum atomic E-state index is -0.271. The number of aliphatic hydroxyl groups is 1. The Labute approximate surface area is 102 Å². The van der Waals surface area contributed by atoms with Crippen LogP contribution in [0.15, 0.2) is 18.2 Å². The maximum Gasteiger partial charge on any atom is 0.119 e. The molecule has 0 spiro atoms. The van der Waals surface area contributed by atoms with E-state index in [1.807, 2.05) is 13.8 Å². The Morgan fingerprint density at radius 2 is 1.76 bits per heavy atom. The van der Waals surface area contributed by atoms with Gasteiger partial charge in [0.05, 0.1) is 6.10 Å². The average Bonchev–Trinajstić information content (AvgIpc) is 2.27. The van der Waals surface area contributed by atoms with E-state index in [1.165, 1.54) is 6.07 Å². The first-order valence-corrected chi connectivity index (χ1v) is 5.97. The van der Waals surface area contributed by atoms with Crippen LogP contribution in [-0.4, -0.2) is 28.0 Å².